The van der Waals surface area contributed by atoms with Crippen LogP contribution in [0, 0.1) is 28.1 Å². The Morgan fingerprint density at radius 3 is 2.08 bits per heavy atom. The van der Waals surface area contributed by atoms with Crippen LogP contribution in [0.15, 0.2) is 11.6 Å². The lowest BCUT2D eigenvalue weighted by molar-refractivity contribution is 0.532. The Labute approximate surface area is 80.5 Å². The summed E-state index contributed by atoms with van der Waals surface area (Å²) in [6.07, 6.45) is 4.16. The van der Waals surface area contributed by atoms with Gasteiger partial charge in [0.25, 0.3) is 0 Å². The maximum atomic E-state index is 9.03. The molecule has 0 aromatic heterocycles. The zero-order chi connectivity index (χ0) is 10.3. The van der Waals surface area contributed by atoms with Crippen molar-refractivity contribution in [3.05, 3.63) is 11.6 Å². The van der Waals surface area contributed by atoms with Gasteiger partial charge in [-0.2, -0.15) is 10.5 Å². The van der Waals surface area contributed by atoms with E-state index in [1.165, 1.54) is 0 Å². The van der Waals surface area contributed by atoms with Crippen molar-refractivity contribution in [3.8, 4) is 12.1 Å². The summed E-state index contributed by atoms with van der Waals surface area (Å²) < 4.78 is 0. The van der Waals surface area contributed by atoms with Crippen LogP contribution in [-0.2, 0) is 0 Å². The highest BCUT2D eigenvalue weighted by Gasteiger charge is 2.31. The van der Waals surface area contributed by atoms with Crippen molar-refractivity contribution in [2.45, 2.75) is 40.0 Å². The predicted molar refractivity (Wildman–Crippen MR) is 52.6 cm³/mol. The molecule has 0 rings (SSSR count). The lowest BCUT2D eigenvalue weighted by Crippen LogP contribution is -2.18. The van der Waals surface area contributed by atoms with E-state index in [4.69, 9.17) is 10.5 Å². The van der Waals surface area contributed by atoms with Crippen LogP contribution >= 0.6 is 0 Å². The molecule has 0 radical (unpaired) electrons. The Balaban J connectivity index is 5.02. The van der Waals surface area contributed by atoms with Gasteiger partial charge in [0, 0.05) is 0 Å². The lowest BCUT2D eigenvalue weighted by Gasteiger charge is -2.20. The molecule has 2 nitrogen and oxygen atoms in total. The second-order valence-electron chi connectivity index (χ2n) is 3.05. The largest absolute Gasteiger partial charge is 0.196 e. The molecule has 0 saturated carbocycles. The first-order chi connectivity index (χ1) is 6.20. The van der Waals surface area contributed by atoms with Crippen LogP contribution in [0.1, 0.15) is 40.0 Å². The molecule has 13 heavy (non-hydrogen) atoms. The third kappa shape index (κ3) is 2.33. The fraction of sp³-hybridized carbons (Fsp3) is 0.636. The molecule has 0 heterocycles. The van der Waals surface area contributed by atoms with Gasteiger partial charge in [0.05, 0.1) is 12.1 Å². The summed E-state index contributed by atoms with van der Waals surface area (Å²) in [5, 5.41) is 18.1. The molecule has 0 aromatic rings. The van der Waals surface area contributed by atoms with Crippen LogP contribution in [-0.4, -0.2) is 0 Å². The average molecular weight is 176 g/mol. The number of nitriles is 2. The lowest BCUT2D eigenvalue weighted by atomic mass is 9.78. The molecule has 0 saturated heterocycles. The highest BCUT2D eigenvalue weighted by Crippen LogP contribution is 2.33. The monoisotopic (exact) mass is 176 g/mol. The van der Waals surface area contributed by atoms with Gasteiger partial charge in [0.15, 0.2) is 5.41 Å². The molecule has 0 fully saturated rings. The SMILES string of the molecule is C/C=C(\CC)C(C#N)(C#N)CCC. The summed E-state index contributed by atoms with van der Waals surface area (Å²) in [5.41, 5.74) is 0.0671. The van der Waals surface area contributed by atoms with Crippen LogP contribution in [0.25, 0.3) is 0 Å². The van der Waals surface area contributed by atoms with Crippen molar-refractivity contribution in [2.75, 3.05) is 0 Å². The van der Waals surface area contributed by atoms with Crippen molar-refractivity contribution in [3.63, 3.8) is 0 Å². The van der Waals surface area contributed by atoms with Crippen molar-refractivity contribution in [1.29, 1.82) is 10.5 Å². The fourth-order valence-electron chi connectivity index (χ4n) is 1.57. The van der Waals surface area contributed by atoms with Crippen LogP contribution in [0.2, 0.25) is 0 Å². The van der Waals surface area contributed by atoms with Gasteiger partial charge < -0.3 is 0 Å². The smallest absolute Gasteiger partial charge is 0.164 e. The maximum Gasteiger partial charge on any atom is 0.164 e. The normalized spacial score (nSPS) is 11.9. The molecule has 0 aliphatic rings. The number of nitrogens with zero attached hydrogens (tertiary/aromatic N) is 2. The van der Waals surface area contributed by atoms with Gasteiger partial charge >= 0.3 is 0 Å². The van der Waals surface area contributed by atoms with Gasteiger partial charge in [0.1, 0.15) is 0 Å². The minimum Gasteiger partial charge on any atom is -0.196 e. The first-order valence-electron chi connectivity index (χ1n) is 4.68. The summed E-state index contributed by atoms with van der Waals surface area (Å²) in [7, 11) is 0. The number of allylic oxidation sites excluding steroid dienone is 2. The van der Waals surface area contributed by atoms with Gasteiger partial charge in [-0.1, -0.05) is 26.3 Å². The van der Waals surface area contributed by atoms with Crippen molar-refractivity contribution in [1.82, 2.24) is 0 Å². The molecule has 0 aliphatic heterocycles. The summed E-state index contributed by atoms with van der Waals surface area (Å²) in [4.78, 5) is 0. The van der Waals surface area contributed by atoms with Crippen molar-refractivity contribution >= 4 is 0 Å². The highest BCUT2D eigenvalue weighted by atomic mass is 14.4. The Morgan fingerprint density at radius 1 is 1.31 bits per heavy atom. The van der Waals surface area contributed by atoms with E-state index in [0.717, 1.165) is 18.4 Å². The Morgan fingerprint density at radius 2 is 1.85 bits per heavy atom. The summed E-state index contributed by atoms with van der Waals surface area (Å²) in [5.74, 6) is 0. The van der Waals surface area contributed by atoms with Crippen LogP contribution in [0.5, 0.6) is 0 Å². The van der Waals surface area contributed by atoms with Crippen LogP contribution < -0.4 is 0 Å². The average Bonchev–Trinajstić information content (AvgIpc) is 2.18. The van der Waals surface area contributed by atoms with E-state index in [0.29, 0.717) is 6.42 Å². The third-order valence-corrected chi connectivity index (χ3v) is 2.28. The zero-order valence-corrected chi connectivity index (χ0v) is 8.59. The van der Waals surface area contributed by atoms with Gasteiger partial charge in [-0.3, -0.25) is 0 Å². The molecular weight excluding hydrogens is 160 g/mol. The molecule has 0 spiro atoms. The zero-order valence-electron chi connectivity index (χ0n) is 8.59. The molecule has 0 aliphatic carbocycles. The number of rotatable bonds is 4. The van der Waals surface area contributed by atoms with Gasteiger partial charge in [-0.25, -0.2) is 0 Å². The Hall–Kier alpha value is -1.28. The van der Waals surface area contributed by atoms with E-state index in [9.17, 15) is 0 Å². The van der Waals surface area contributed by atoms with Gasteiger partial charge in [0.2, 0.25) is 0 Å². The quantitative estimate of drug-likeness (QED) is 0.617. The van der Waals surface area contributed by atoms with Crippen molar-refractivity contribution in [2.24, 2.45) is 5.41 Å². The van der Waals surface area contributed by atoms with E-state index < -0.39 is 5.41 Å². The minimum atomic E-state index is -0.877. The van der Waals surface area contributed by atoms with E-state index in [1.54, 1.807) is 0 Å². The van der Waals surface area contributed by atoms with E-state index in [2.05, 4.69) is 12.1 Å². The predicted octanol–water partition coefficient (Wildman–Crippen LogP) is 3.18. The second kappa shape index (κ2) is 5.38. The van der Waals surface area contributed by atoms with Gasteiger partial charge in [-0.15, -0.1) is 0 Å². The summed E-state index contributed by atoms with van der Waals surface area (Å²) in [6.45, 7) is 5.86. The van der Waals surface area contributed by atoms with E-state index in [1.807, 2.05) is 26.8 Å². The summed E-state index contributed by atoms with van der Waals surface area (Å²) >= 11 is 0. The molecule has 0 atom stereocenters. The fourth-order valence-corrected chi connectivity index (χ4v) is 1.57. The molecule has 0 unspecified atom stereocenters. The van der Waals surface area contributed by atoms with E-state index >= 15 is 0 Å². The molecule has 0 amide bonds. The van der Waals surface area contributed by atoms with Crippen molar-refractivity contribution < 1.29 is 0 Å². The second-order valence-corrected chi connectivity index (χ2v) is 3.05. The van der Waals surface area contributed by atoms with Crippen LogP contribution in [0.4, 0.5) is 0 Å². The molecule has 2 heteroatoms. The Kier molecular flexibility index (Phi) is 4.85. The van der Waals surface area contributed by atoms with Crippen LogP contribution in [0.3, 0.4) is 0 Å². The first kappa shape index (κ1) is 11.7. The Bertz CT molecular complexity index is 249. The molecule has 70 valence electrons. The number of hydrogen-bond donors (Lipinski definition) is 0. The minimum absolute atomic E-state index is 0.632. The number of hydrogen-bond acceptors (Lipinski definition) is 2. The third-order valence-electron chi connectivity index (χ3n) is 2.28. The van der Waals surface area contributed by atoms with E-state index in [-0.39, 0.29) is 0 Å². The standard InChI is InChI=1S/C11H16N2/c1-4-7-11(8-12,9-13)10(5-2)6-3/h5H,4,6-7H2,1-3H3/b10-5+. The highest BCUT2D eigenvalue weighted by molar-refractivity contribution is 5.32. The molecular formula is C11H16N2. The summed E-state index contributed by atoms with van der Waals surface area (Å²) in [6, 6.07) is 4.28. The molecule has 0 N–H and O–H groups in total. The topological polar surface area (TPSA) is 47.6 Å². The maximum absolute atomic E-state index is 9.03. The van der Waals surface area contributed by atoms with Gasteiger partial charge in [-0.05, 0) is 25.3 Å². The molecule has 0 bridgehead atoms. The first-order valence-corrected chi connectivity index (χ1v) is 4.68. The molecule has 0 aromatic carbocycles.